The van der Waals surface area contributed by atoms with Crippen LogP contribution in [0.4, 0.5) is 0 Å². The summed E-state index contributed by atoms with van der Waals surface area (Å²) in [6.45, 7) is 5.45. The number of halogens is 1. The normalized spacial score (nSPS) is 22.2. The highest BCUT2D eigenvalue weighted by Crippen LogP contribution is 2.26. The van der Waals surface area contributed by atoms with Crippen LogP contribution in [-0.4, -0.2) is 43.6 Å². The van der Waals surface area contributed by atoms with E-state index < -0.39 is 0 Å². The minimum absolute atomic E-state index is 0. The summed E-state index contributed by atoms with van der Waals surface area (Å²) >= 11 is 0. The Labute approximate surface area is 134 Å². The average Bonchev–Trinajstić information content (AvgIpc) is 2.55. The van der Waals surface area contributed by atoms with Gasteiger partial charge >= 0.3 is 0 Å². The maximum Gasteiger partial charge on any atom is 0.188 e. The number of nitrogens with two attached hydrogens (primary N) is 1. The van der Waals surface area contributed by atoms with E-state index in [-0.39, 0.29) is 24.0 Å². The van der Waals surface area contributed by atoms with E-state index in [2.05, 4.69) is 15.2 Å². The van der Waals surface area contributed by atoms with Gasteiger partial charge in [0.2, 0.25) is 0 Å². The van der Waals surface area contributed by atoms with Crippen LogP contribution in [0.15, 0.2) is 4.99 Å². The number of rotatable bonds is 5. The molecule has 1 saturated carbocycles. The lowest BCUT2D eigenvalue weighted by atomic mass is 9.86. The van der Waals surface area contributed by atoms with Crippen molar-refractivity contribution >= 4 is 29.9 Å². The SMILES string of the molecule is I.NC(=NCC1CCC1)NCCN1CCCCCC1. The molecule has 2 aliphatic rings. The van der Waals surface area contributed by atoms with Crippen LogP contribution in [0.2, 0.25) is 0 Å². The smallest absolute Gasteiger partial charge is 0.188 e. The summed E-state index contributed by atoms with van der Waals surface area (Å²) in [5.74, 6) is 1.44. The van der Waals surface area contributed by atoms with E-state index in [1.807, 2.05) is 0 Å². The summed E-state index contributed by atoms with van der Waals surface area (Å²) in [5, 5.41) is 3.24. The van der Waals surface area contributed by atoms with E-state index in [0.29, 0.717) is 5.96 Å². The first-order valence-corrected chi connectivity index (χ1v) is 7.61. The van der Waals surface area contributed by atoms with Gasteiger partial charge in [0, 0.05) is 19.6 Å². The number of likely N-dealkylation sites (tertiary alicyclic amines) is 1. The van der Waals surface area contributed by atoms with Crippen molar-refractivity contribution in [3.63, 3.8) is 0 Å². The Morgan fingerprint density at radius 3 is 2.37 bits per heavy atom. The number of nitrogens with one attached hydrogen (secondary N) is 1. The fourth-order valence-corrected chi connectivity index (χ4v) is 2.66. The molecule has 1 aliphatic heterocycles. The standard InChI is InChI=1S/C14H28N4.HI/c15-14(17-12-13-6-5-7-13)16-8-11-18-9-3-1-2-4-10-18;/h13H,1-12H2,(H3,15,16,17);1H. The molecule has 3 N–H and O–H groups in total. The molecule has 1 saturated heterocycles. The third-order valence-corrected chi connectivity index (χ3v) is 4.18. The van der Waals surface area contributed by atoms with Crippen LogP contribution in [0.25, 0.3) is 0 Å². The average molecular weight is 380 g/mol. The van der Waals surface area contributed by atoms with E-state index in [0.717, 1.165) is 25.6 Å². The number of hydrogen-bond acceptors (Lipinski definition) is 2. The predicted octanol–water partition coefficient (Wildman–Crippen LogP) is 2.18. The van der Waals surface area contributed by atoms with E-state index >= 15 is 0 Å². The first-order chi connectivity index (χ1) is 8.84. The van der Waals surface area contributed by atoms with Crippen LogP contribution in [0, 0.1) is 5.92 Å². The Morgan fingerprint density at radius 2 is 1.79 bits per heavy atom. The molecule has 1 heterocycles. The molecule has 112 valence electrons. The quantitative estimate of drug-likeness (QED) is 0.437. The van der Waals surface area contributed by atoms with Crippen molar-refractivity contribution in [3.05, 3.63) is 0 Å². The Balaban J connectivity index is 0.00000180. The molecule has 5 heteroatoms. The Bertz CT molecular complexity index is 258. The van der Waals surface area contributed by atoms with Crippen LogP contribution in [0.5, 0.6) is 0 Å². The van der Waals surface area contributed by atoms with Crippen molar-refractivity contribution < 1.29 is 0 Å². The number of hydrogen-bond donors (Lipinski definition) is 2. The van der Waals surface area contributed by atoms with E-state index in [4.69, 9.17) is 5.73 Å². The zero-order valence-corrected chi connectivity index (χ0v) is 14.3. The summed E-state index contributed by atoms with van der Waals surface area (Å²) in [5.41, 5.74) is 5.87. The number of guanidine groups is 1. The highest BCUT2D eigenvalue weighted by molar-refractivity contribution is 14.0. The largest absolute Gasteiger partial charge is 0.370 e. The molecular formula is C14H29IN4. The van der Waals surface area contributed by atoms with Crippen LogP contribution in [0.1, 0.15) is 44.9 Å². The zero-order valence-electron chi connectivity index (χ0n) is 11.9. The van der Waals surface area contributed by atoms with Gasteiger partial charge in [0.05, 0.1) is 0 Å². The van der Waals surface area contributed by atoms with E-state index in [1.165, 1.54) is 58.0 Å². The molecule has 4 nitrogen and oxygen atoms in total. The third kappa shape index (κ3) is 6.79. The molecule has 0 radical (unpaired) electrons. The molecule has 0 atom stereocenters. The molecule has 2 fully saturated rings. The van der Waals surface area contributed by atoms with Crippen molar-refractivity contribution in [1.29, 1.82) is 0 Å². The summed E-state index contributed by atoms with van der Waals surface area (Å²) in [4.78, 5) is 6.95. The van der Waals surface area contributed by atoms with Gasteiger partial charge in [-0.15, -0.1) is 24.0 Å². The lowest BCUT2D eigenvalue weighted by molar-refractivity contribution is 0.289. The molecule has 0 unspecified atom stereocenters. The molecular weight excluding hydrogens is 351 g/mol. The fourth-order valence-electron chi connectivity index (χ4n) is 2.66. The second-order valence-corrected chi connectivity index (χ2v) is 5.71. The molecule has 0 bridgehead atoms. The van der Waals surface area contributed by atoms with E-state index in [9.17, 15) is 0 Å². The van der Waals surface area contributed by atoms with Crippen molar-refractivity contribution in [2.24, 2.45) is 16.6 Å². The first-order valence-electron chi connectivity index (χ1n) is 7.61. The second-order valence-electron chi connectivity index (χ2n) is 5.71. The molecule has 0 aromatic carbocycles. The van der Waals surface area contributed by atoms with Gasteiger partial charge in [-0.1, -0.05) is 19.3 Å². The van der Waals surface area contributed by atoms with E-state index in [1.54, 1.807) is 0 Å². The van der Waals surface area contributed by atoms with Crippen LogP contribution >= 0.6 is 24.0 Å². The molecule has 0 amide bonds. The van der Waals surface area contributed by atoms with Gasteiger partial charge in [-0.25, -0.2) is 0 Å². The van der Waals surface area contributed by atoms with Crippen LogP contribution in [-0.2, 0) is 0 Å². The molecule has 1 aliphatic carbocycles. The highest BCUT2D eigenvalue weighted by atomic mass is 127. The number of aliphatic imine (C=N–C) groups is 1. The molecule has 0 aromatic heterocycles. The van der Waals surface area contributed by atoms with Crippen molar-refractivity contribution in [2.75, 3.05) is 32.7 Å². The maximum atomic E-state index is 5.87. The lowest BCUT2D eigenvalue weighted by Crippen LogP contribution is -2.39. The summed E-state index contributed by atoms with van der Waals surface area (Å²) in [6, 6.07) is 0. The zero-order chi connectivity index (χ0) is 12.6. The topological polar surface area (TPSA) is 53.6 Å². The Morgan fingerprint density at radius 1 is 1.11 bits per heavy atom. The van der Waals surface area contributed by atoms with Crippen LogP contribution in [0.3, 0.4) is 0 Å². The number of nitrogens with zero attached hydrogens (tertiary/aromatic N) is 2. The van der Waals surface area contributed by atoms with Gasteiger partial charge < -0.3 is 16.0 Å². The molecule has 0 spiro atoms. The molecule has 19 heavy (non-hydrogen) atoms. The van der Waals surface area contributed by atoms with Crippen LogP contribution < -0.4 is 11.1 Å². The summed E-state index contributed by atoms with van der Waals surface area (Å²) in [6.07, 6.45) is 9.55. The highest BCUT2D eigenvalue weighted by Gasteiger charge is 2.16. The summed E-state index contributed by atoms with van der Waals surface area (Å²) < 4.78 is 0. The minimum atomic E-state index is 0. The predicted molar refractivity (Wildman–Crippen MR) is 92.2 cm³/mol. The molecule has 0 aromatic rings. The van der Waals surface area contributed by atoms with Gasteiger partial charge in [0.15, 0.2) is 5.96 Å². The van der Waals surface area contributed by atoms with Gasteiger partial charge in [-0.05, 0) is 44.7 Å². The van der Waals surface area contributed by atoms with Crippen molar-refractivity contribution in [2.45, 2.75) is 44.9 Å². The monoisotopic (exact) mass is 380 g/mol. The van der Waals surface area contributed by atoms with Gasteiger partial charge in [-0.2, -0.15) is 0 Å². The fraction of sp³-hybridized carbons (Fsp3) is 0.929. The van der Waals surface area contributed by atoms with Crippen molar-refractivity contribution in [1.82, 2.24) is 10.2 Å². The summed E-state index contributed by atoms with van der Waals surface area (Å²) in [7, 11) is 0. The second kappa shape index (κ2) is 9.80. The minimum Gasteiger partial charge on any atom is -0.370 e. The Kier molecular flexibility index (Phi) is 8.77. The lowest BCUT2D eigenvalue weighted by Gasteiger charge is -2.23. The maximum absolute atomic E-state index is 5.87. The van der Waals surface area contributed by atoms with Gasteiger partial charge in [0.25, 0.3) is 0 Å². The third-order valence-electron chi connectivity index (χ3n) is 4.18. The molecule has 2 rings (SSSR count). The van der Waals surface area contributed by atoms with Gasteiger partial charge in [0.1, 0.15) is 0 Å². The Hall–Kier alpha value is -0.0400. The van der Waals surface area contributed by atoms with Gasteiger partial charge in [-0.3, -0.25) is 4.99 Å². The van der Waals surface area contributed by atoms with Crippen molar-refractivity contribution in [3.8, 4) is 0 Å². The first kappa shape index (κ1) is 17.0.